The molecule has 0 spiro atoms. The first kappa shape index (κ1) is 20.5. The van der Waals surface area contributed by atoms with E-state index in [1.54, 1.807) is 12.1 Å². The second kappa shape index (κ2) is 7.92. The number of benzene rings is 2. The van der Waals surface area contributed by atoms with Crippen molar-refractivity contribution in [2.45, 2.75) is 29.3 Å². The van der Waals surface area contributed by atoms with Crippen LogP contribution in [0.2, 0.25) is 0 Å². The average Bonchev–Trinajstić information content (AvgIpc) is 3.21. The minimum Gasteiger partial charge on any atom is -0.453 e. The minimum absolute atomic E-state index is 0.0922. The van der Waals surface area contributed by atoms with Crippen LogP contribution in [-0.2, 0) is 14.8 Å². The number of nitrogens with zero attached hydrogens (tertiary/aromatic N) is 1. The first-order valence-corrected chi connectivity index (χ1v) is 12.2. The van der Waals surface area contributed by atoms with Gasteiger partial charge in [0.1, 0.15) is 4.21 Å². The fourth-order valence-corrected chi connectivity index (χ4v) is 6.55. The highest BCUT2D eigenvalue weighted by Gasteiger charge is 2.41. The average molecular weight is 459 g/mol. The molecule has 2 aromatic carbocycles. The van der Waals surface area contributed by atoms with E-state index in [1.807, 2.05) is 60.4 Å². The lowest BCUT2D eigenvalue weighted by Crippen LogP contribution is -2.60. The molecular formula is C22H22N2O5S2. The molecule has 0 unspecified atom stereocenters. The van der Waals surface area contributed by atoms with Gasteiger partial charge in [0.2, 0.25) is 10.0 Å². The fourth-order valence-electron chi connectivity index (χ4n) is 4.02. The molecule has 0 saturated carbocycles. The van der Waals surface area contributed by atoms with Gasteiger partial charge >= 0.3 is 0 Å². The van der Waals surface area contributed by atoms with Gasteiger partial charge in [0.25, 0.3) is 0 Å². The molecule has 3 aromatic rings. The van der Waals surface area contributed by atoms with Crippen molar-refractivity contribution in [2.24, 2.45) is 0 Å². The van der Waals surface area contributed by atoms with Gasteiger partial charge in [0.15, 0.2) is 11.5 Å². The van der Waals surface area contributed by atoms with Crippen LogP contribution in [0.25, 0.3) is 0 Å². The number of rotatable bonds is 4. The molecule has 0 aliphatic carbocycles. The summed E-state index contributed by atoms with van der Waals surface area (Å²) in [7, 11) is -3.76. The van der Waals surface area contributed by atoms with Gasteiger partial charge in [-0.25, -0.2) is 13.1 Å². The molecule has 3 heterocycles. The molecule has 2 aliphatic heterocycles. The maximum Gasteiger partial charge on any atom is 0.250 e. The zero-order valence-electron chi connectivity index (χ0n) is 16.8. The molecule has 1 saturated heterocycles. The minimum atomic E-state index is -3.76. The summed E-state index contributed by atoms with van der Waals surface area (Å²) in [4.78, 5) is 2.88. The number of sulfonamides is 1. The van der Waals surface area contributed by atoms with Crippen molar-refractivity contribution in [1.29, 1.82) is 0 Å². The smallest absolute Gasteiger partial charge is 0.250 e. The number of fused-ring (bicyclic) bond motifs is 2. The fraction of sp³-hybridized carbons (Fsp3) is 0.273. The van der Waals surface area contributed by atoms with Crippen molar-refractivity contribution in [3.8, 4) is 11.5 Å². The van der Waals surface area contributed by atoms with Gasteiger partial charge in [0.05, 0.1) is 42.8 Å². The van der Waals surface area contributed by atoms with Crippen LogP contribution in [-0.4, -0.2) is 44.9 Å². The standard InChI is InChI=1S/C22H22N2O5S2/c1-14-10-11-21(30-14)31(26,27)23-15-12-28-13-18(22(15)25)24-16-6-2-4-8-19(16)29-20-9-5-3-7-17(20)24/h2-11,15,18,22-23,25H,12-13H2,1H3/t15-,18+,22+/m1/s1. The molecule has 5 rings (SSSR count). The van der Waals surface area contributed by atoms with E-state index in [0.717, 1.165) is 16.3 Å². The number of ether oxygens (including phenoxy) is 2. The van der Waals surface area contributed by atoms with Crippen LogP contribution in [0.4, 0.5) is 11.4 Å². The Morgan fingerprint density at radius 2 is 1.65 bits per heavy atom. The van der Waals surface area contributed by atoms with E-state index >= 15 is 0 Å². The summed E-state index contributed by atoms with van der Waals surface area (Å²) in [5.41, 5.74) is 1.59. The van der Waals surface area contributed by atoms with Crippen LogP contribution in [0.3, 0.4) is 0 Å². The molecule has 2 aliphatic rings. The number of thiophene rings is 1. The highest BCUT2D eigenvalue weighted by Crippen LogP contribution is 2.48. The SMILES string of the molecule is Cc1ccc(S(=O)(=O)N[C@@H]2COC[C@H](N3c4ccccc4Oc4ccccc43)[C@H]2O)s1. The topological polar surface area (TPSA) is 88.1 Å². The molecule has 3 atom stereocenters. The molecule has 0 bridgehead atoms. The van der Waals surface area contributed by atoms with Crippen LogP contribution in [0.1, 0.15) is 4.88 Å². The molecule has 0 amide bonds. The number of aliphatic hydroxyl groups is 1. The Morgan fingerprint density at radius 1 is 1.00 bits per heavy atom. The maximum absolute atomic E-state index is 12.8. The number of aryl methyl sites for hydroxylation is 1. The first-order valence-electron chi connectivity index (χ1n) is 9.94. The van der Waals surface area contributed by atoms with E-state index in [1.165, 1.54) is 11.3 Å². The van der Waals surface area contributed by atoms with Crippen LogP contribution in [0.15, 0.2) is 64.9 Å². The lowest BCUT2D eigenvalue weighted by molar-refractivity contribution is -0.0244. The van der Waals surface area contributed by atoms with Crippen molar-refractivity contribution in [2.75, 3.05) is 18.1 Å². The van der Waals surface area contributed by atoms with Gasteiger partial charge in [-0.2, -0.15) is 0 Å². The van der Waals surface area contributed by atoms with E-state index in [2.05, 4.69) is 4.72 Å². The Kier molecular flexibility index (Phi) is 5.23. The number of hydrogen-bond donors (Lipinski definition) is 2. The molecule has 31 heavy (non-hydrogen) atoms. The molecule has 9 heteroatoms. The third-order valence-corrected chi connectivity index (χ3v) is 8.46. The van der Waals surface area contributed by atoms with Gasteiger partial charge in [-0.1, -0.05) is 24.3 Å². The van der Waals surface area contributed by atoms with Crippen molar-refractivity contribution in [3.05, 3.63) is 65.5 Å². The summed E-state index contributed by atoms with van der Waals surface area (Å²) in [6.07, 6.45) is -0.996. The predicted octanol–water partition coefficient (Wildman–Crippen LogP) is 3.41. The summed E-state index contributed by atoms with van der Waals surface area (Å²) < 4.78 is 40.3. The van der Waals surface area contributed by atoms with Gasteiger partial charge in [-0.3, -0.25) is 0 Å². The Bertz CT molecular complexity index is 1160. The van der Waals surface area contributed by atoms with Gasteiger partial charge < -0.3 is 19.5 Å². The zero-order valence-corrected chi connectivity index (χ0v) is 18.4. The summed E-state index contributed by atoms with van der Waals surface area (Å²) in [6.45, 7) is 2.20. The van der Waals surface area contributed by atoms with Crippen LogP contribution in [0.5, 0.6) is 11.5 Å². The predicted molar refractivity (Wildman–Crippen MR) is 119 cm³/mol. The summed E-state index contributed by atoms with van der Waals surface area (Å²) >= 11 is 1.19. The van der Waals surface area contributed by atoms with Crippen LogP contribution >= 0.6 is 11.3 Å². The maximum atomic E-state index is 12.8. The Hall–Kier alpha value is -2.43. The zero-order chi connectivity index (χ0) is 21.6. The summed E-state index contributed by atoms with van der Waals surface area (Å²) in [6, 6.07) is 17.2. The normalized spacial score (nSPS) is 23.0. The van der Waals surface area contributed by atoms with E-state index in [-0.39, 0.29) is 17.4 Å². The second-order valence-corrected chi connectivity index (χ2v) is 10.8. The first-order chi connectivity index (χ1) is 14.9. The quantitative estimate of drug-likeness (QED) is 0.623. The highest BCUT2D eigenvalue weighted by atomic mass is 32.2. The third-order valence-electron chi connectivity index (χ3n) is 5.48. The van der Waals surface area contributed by atoms with E-state index in [9.17, 15) is 13.5 Å². The highest BCUT2D eigenvalue weighted by molar-refractivity contribution is 7.91. The van der Waals surface area contributed by atoms with Crippen molar-refractivity contribution in [3.63, 3.8) is 0 Å². The van der Waals surface area contributed by atoms with Gasteiger partial charge in [-0.15, -0.1) is 11.3 Å². The molecule has 1 aromatic heterocycles. The molecule has 2 N–H and O–H groups in total. The molecule has 1 fully saturated rings. The largest absolute Gasteiger partial charge is 0.453 e. The molecule has 0 radical (unpaired) electrons. The third kappa shape index (κ3) is 3.72. The van der Waals surface area contributed by atoms with Crippen molar-refractivity contribution in [1.82, 2.24) is 4.72 Å². The molecular weight excluding hydrogens is 436 g/mol. The van der Waals surface area contributed by atoms with Crippen molar-refractivity contribution >= 4 is 32.7 Å². The Balaban J connectivity index is 1.48. The van der Waals surface area contributed by atoms with Gasteiger partial charge in [-0.05, 0) is 43.3 Å². The van der Waals surface area contributed by atoms with E-state index < -0.39 is 28.2 Å². The van der Waals surface area contributed by atoms with Crippen LogP contribution in [0, 0.1) is 6.92 Å². The van der Waals surface area contributed by atoms with Crippen LogP contribution < -0.4 is 14.4 Å². The molecule has 7 nitrogen and oxygen atoms in total. The van der Waals surface area contributed by atoms with E-state index in [4.69, 9.17) is 9.47 Å². The summed E-state index contributed by atoms with van der Waals surface area (Å²) in [5.74, 6) is 1.34. The number of para-hydroxylation sites is 4. The van der Waals surface area contributed by atoms with Gasteiger partial charge in [0, 0.05) is 4.88 Å². The molecule has 162 valence electrons. The number of hydrogen-bond acceptors (Lipinski definition) is 7. The Morgan fingerprint density at radius 3 is 2.26 bits per heavy atom. The lowest BCUT2D eigenvalue weighted by atomic mass is 9.98. The number of nitrogens with one attached hydrogen (secondary N) is 1. The summed E-state index contributed by atoms with van der Waals surface area (Å²) in [5, 5.41) is 11.3. The van der Waals surface area contributed by atoms with Crippen molar-refractivity contribution < 1.29 is 23.0 Å². The monoisotopic (exact) mass is 458 g/mol. The Labute approximate surface area is 184 Å². The number of aliphatic hydroxyl groups excluding tert-OH is 1. The number of anilines is 2. The second-order valence-electron chi connectivity index (χ2n) is 7.60. The lowest BCUT2D eigenvalue weighted by Gasteiger charge is -2.44. The van der Waals surface area contributed by atoms with E-state index in [0.29, 0.717) is 11.5 Å².